The topological polar surface area (TPSA) is 21.7 Å². The minimum atomic E-state index is 0.561. The third-order valence-electron chi connectivity index (χ3n) is 3.90. The van der Waals surface area contributed by atoms with E-state index in [2.05, 4.69) is 0 Å². The van der Waals surface area contributed by atoms with Crippen molar-refractivity contribution in [3.05, 3.63) is 91.0 Å². The van der Waals surface area contributed by atoms with Crippen LogP contribution in [0.4, 0.5) is 0 Å². The first-order valence-electron chi connectivity index (χ1n) is 7.81. The van der Waals surface area contributed by atoms with Crippen molar-refractivity contribution in [1.29, 1.82) is 0 Å². The molecule has 113 valence electrons. The third-order valence-corrected chi connectivity index (χ3v) is 3.90. The molecule has 0 aliphatic heterocycles. The molecule has 1 heterocycles. The highest BCUT2D eigenvalue weighted by Gasteiger charge is 2.20. The van der Waals surface area contributed by atoms with Crippen LogP contribution in [0.5, 0.6) is 0 Å². The molecule has 0 aliphatic rings. The Kier molecular flexibility index (Phi) is 3.71. The quantitative estimate of drug-likeness (QED) is 0.421. The largest absolute Gasteiger partial charge is 0.477 e. The standard InChI is InChI=1S/C20H15BN3/c21-20-23(17-12-6-2-7-13-17)19(16-10-4-1-5-11-16)22-24(20)18-14-8-3-9-15-18/h1-15H. The SMILES string of the molecule is [B-]c1n(-c2ccccc2)nc(-c2ccccc2)[n+]1-c1ccccc1. The summed E-state index contributed by atoms with van der Waals surface area (Å²) in [7, 11) is 6.47. The lowest BCUT2D eigenvalue weighted by molar-refractivity contribution is -0.565. The molecule has 0 saturated carbocycles. The summed E-state index contributed by atoms with van der Waals surface area (Å²) < 4.78 is 3.75. The van der Waals surface area contributed by atoms with Crippen LogP contribution in [-0.2, 0) is 0 Å². The Morgan fingerprint density at radius 3 is 1.88 bits per heavy atom. The number of benzene rings is 3. The monoisotopic (exact) mass is 308 g/mol. The molecule has 0 saturated heterocycles. The molecule has 0 amide bonds. The lowest BCUT2D eigenvalue weighted by Crippen LogP contribution is -2.48. The Morgan fingerprint density at radius 2 is 1.25 bits per heavy atom. The van der Waals surface area contributed by atoms with Crippen molar-refractivity contribution in [3.8, 4) is 22.8 Å². The van der Waals surface area contributed by atoms with E-state index in [4.69, 9.17) is 12.9 Å². The van der Waals surface area contributed by atoms with Crippen LogP contribution in [0.1, 0.15) is 0 Å². The van der Waals surface area contributed by atoms with Crippen molar-refractivity contribution in [2.24, 2.45) is 0 Å². The summed E-state index contributed by atoms with van der Waals surface area (Å²) in [4.78, 5) is 0. The van der Waals surface area contributed by atoms with Crippen LogP contribution in [0.3, 0.4) is 0 Å². The van der Waals surface area contributed by atoms with Crippen molar-refractivity contribution in [2.75, 3.05) is 0 Å². The van der Waals surface area contributed by atoms with Gasteiger partial charge >= 0.3 is 5.82 Å². The molecule has 3 radical (unpaired) electrons. The van der Waals surface area contributed by atoms with Gasteiger partial charge in [-0.25, -0.2) is 4.57 Å². The predicted molar refractivity (Wildman–Crippen MR) is 95.9 cm³/mol. The van der Waals surface area contributed by atoms with E-state index >= 15 is 0 Å². The molecular weight excluding hydrogens is 293 g/mol. The predicted octanol–water partition coefficient (Wildman–Crippen LogP) is 2.61. The highest BCUT2D eigenvalue weighted by atomic mass is 15.4. The highest BCUT2D eigenvalue weighted by molar-refractivity contribution is 6.28. The van der Waals surface area contributed by atoms with Crippen LogP contribution < -0.4 is 10.3 Å². The highest BCUT2D eigenvalue weighted by Crippen LogP contribution is 2.15. The molecule has 4 heteroatoms. The molecule has 3 nitrogen and oxygen atoms in total. The summed E-state index contributed by atoms with van der Waals surface area (Å²) in [5.74, 6) is 0.808. The fourth-order valence-corrected chi connectivity index (χ4v) is 2.76. The van der Waals surface area contributed by atoms with Gasteiger partial charge in [-0.15, -0.1) is 4.68 Å². The molecule has 0 atom stereocenters. The summed E-state index contributed by atoms with van der Waals surface area (Å²) in [5.41, 5.74) is 3.49. The zero-order valence-electron chi connectivity index (χ0n) is 13.1. The number of aromatic nitrogens is 3. The Morgan fingerprint density at radius 1 is 0.708 bits per heavy atom. The maximum absolute atomic E-state index is 6.47. The number of nitrogens with zero attached hydrogens (tertiary/aromatic N) is 3. The smallest absolute Gasteiger partial charge is 0.311 e. The molecule has 3 aromatic carbocycles. The maximum Gasteiger partial charge on any atom is 0.311 e. The van der Waals surface area contributed by atoms with E-state index in [-0.39, 0.29) is 0 Å². The van der Waals surface area contributed by atoms with Gasteiger partial charge < -0.3 is 7.85 Å². The van der Waals surface area contributed by atoms with E-state index in [1.807, 2.05) is 95.6 Å². The zero-order chi connectivity index (χ0) is 16.4. The first kappa shape index (κ1) is 14.5. The van der Waals surface area contributed by atoms with Gasteiger partial charge in [0, 0.05) is 5.10 Å². The van der Waals surface area contributed by atoms with Crippen LogP contribution in [0.15, 0.2) is 91.0 Å². The van der Waals surface area contributed by atoms with Gasteiger partial charge in [0.2, 0.25) is 0 Å². The van der Waals surface area contributed by atoms with Gasteiger partial charge in [0.1, 0.15) is 11.4 Å². The van der Waals surface area contributed by atoms with Crippen LogP contribution in [0, 0.1) is 0 Å². The average molecular weight is 308 g/mol. The number of hydrogen-bond donors (Lipinski definition) is 0. The van der Waals surface area contributed by atoms with Gasteiger partial charge in [0.05, 0.1) is 5.56 Å². The lowest BCUT2D eigenvalue weighted by atomic mass is 10.1. The minimum Gasteiger partial charge on any atom is -0.477 e. The molecule has 0 spiro atoms. The van der Waals surface area contributed by atoms with E-state index in [1.54, 1.807) is 4.68 Å². The molecule has 4 rings (SSSR count). The van der Waals surface area contributed by atoms with Crippen molar-refractivity contribution in [1.82, 2.24) is 9.78 Å². The molecular formula is C20H15BN3. The molecule has 0 aliphatic carbocycles. The Balaban J connectivity index is 1.99. The summed E-state index contributed by atoms with van der Waals surface area (Å²) in [6, 6.07) is 30.0. The lowest BCUT2D eigenvalue weighted by Gasteiger charge is -2.10. The third kappa shape index (κ3) is 2.52. The van der Waals surface area contributed by atoms with E-state index in [0.29, 0.717) is 5.72 Å². The summed E-state index contributed by atoms with van der Waals surface area (Å²) >= 11 is 0. The number of hydrogen-bond acceptors (Lipinski definition) is 1. The van der Waals surface area contributed by atoms with Gasteiger partial charge in [-0.05, 0) is 42.1 Å². The molecule has 24 heavy (non-hydrogen) atoms. The second-order valence-electron chi connectivity index (χ2n) is 5.47. The fourth-order valence-electron chi connectivity index (χ4n) is 2.76. The second-order valence-corrected chi connectivity index (χ2v) is 5.47. The number of para-hydroxylation sites is 2. The first-order chi connectivity index (χ1) is 11.8. The van der Waals surface area contributed by atoms with Gasteiger partial charge in [-0.3, -0.25) is 0 Å². The molecule has 4 aromatic rings. The second kappa shape index (κ2) is 6.16. The Labute approximate surface area is 142 Å². The van der Waals surface area contributed by atoms with Gasteiger partial charge in [-0.1, -0.05) is 54.6 Å². The summed E-state index contributed by atoms with van der Waals surface area (Å²) in [6.07, 6.45) is 0. The van der Waals surface area contributed by atoms with Crippen molar-refractivity contribution >= 4 is 13.6 Å². The van der Waals surface area contributed by atoms with Gasteiger partial charge in [-0.2, -0.15) is 0 Å². The van der Waals surface area contributed by atoms with E-state index < -0.39 is 0 Å². The zero-order valence-corrected chi connectivity index (χ0v) is 13.1. The fraction of sp³-hybridized carbons (Fsp3) is 0. The van der Waals surface area contributed by atoms with E-state index in [0.717, 1.165) is 22.8 Å². The molecule has 0 fully saturated rings. The summed E-state index contributed by atoms with van der Waals surface area (Å²) in [5, 5.41) is 4.78. The van der Waals surface area contributed by atoms with Crippen molar-refractivity contribution in [3.63, 3.8) is 0 Å². The van der Waals surface area contributed by atoms with Crippen LogP contribution >= 0.6 is 0 Å². The van der Waals surface area contributed by atoms with Crippen LogP contribution in [0.25, 0.3) is 22.8 Å². The maximum atomic E-state index is 6.47. The number of rotatable bonds is 3. The molecule has 0 bridgehead atoms. The molecule has 1 aromatic heterocycles. The van der Waals surface area contributed by atoms with Crippen molar-refractivity contribution in [2.45, 2.75) is 0 Å². The Hall–Kier alpha value is -3.14. The average Bonchev–Trinajstić information content (AvgIpc) is 3.01. The molecule has 0 unspecified atom stereocenters. The Bertz CT molecular complexity index is 948. The van der Waals surface area contributed by atoms with Crippen LogP contribution in [0.2, 0.25) is 0 Å². The van der Waals surface area contributed by atoms with Crippen molar-refractivity contribution < 1.29 is 4.57 Å². The normalized spacial score (nSPS) is 10.7. The van der Waals surface area contributed by atoms with Crippen LogP contribution in [-0.4, -0.2) is 17.6 Å². The molecule has 0 N–H and O–H groups in total. The van der Waals surface area contributed by atoms with E-state index in [9.17, 15) is 0 Å². The van der Waals surface area contributed by atoms with E-state index in [1.165, 1.54) is 0 Å². The minimum absolute atomic E-state index is 0.561. The van der Waals surface area contributed by atoms with Gasteiger partial charge in [0.15, 0.2) is 0 Å². The van der Waals surface area contributed by atoms with Gasteiger partial charge in [0.25, 0.3) is 0 Å². The summed E-state index contributed by atoms with van der Waals surface area (Å²) in [6.45, 7) is 0. The first-order valence-corrected chi connectivity index (χ1v) is 7.81.